The molecular weight excluding hydrogens is 160 g/mol. The first-order valence-electron chi connectivity index (χ1n) is 3.54. The van der Waals surface area contributed by atoms with Crippen molar-refractivity contribution in [1.29, 1.82) is 0 Å². The second-order valence-electron chi connectivity index (χ2n) is 2.52. The van der Waals surface area contributed by atoms with Crippen LogP contribution in [-0.2, 0) is 17.8 Å². The van der Waals surface area contributed by atoms with Crippen LogP contribution in [0.3, 0.4) is 0 Å². The summed E-state index contributed by atoms with van der Waals surface area (Å²) in [4.78, 5) is 12.5. The van der Waals surface area contributed by atoms with E-state index in [1.807, 2.05) is 6.07 Å². The van der Waals surface area contributed by atoms with Crippen LogP contribution < -0.4 is 0 Å². The standard InChI is InChI=1S/C8H8O2S/c9-4-7-3-6-5-10-2-1-8(6)11-7/h3-4H,1-2,5H2. The summed E-state index contributed by atoms with van der Waals surface area (Å²) in [6.45, 7) is 1.48. The van der Waals surface area contributed by atoms with Crippen molar-refractivity contribution >= 4 is 17.6 Å². The summed E-state index contributed by atoms with van der Waals surface area (Å²) >= 11 is 1.59. The molecule has 2 rings (SSSR count). The zero-order valence-electron chi connectivity index (χ0n) is 6.00. The fourth-order valence-electron chi connectivity index (χ4n) is 1.23. The Morgan fingerprint density at radius 3 is 3.27 bits per heavy atom. The second-order valence-corrected chi connectivity index (χ2v) is 3.69. The fourth-order valence-corrected chi connectivity index (χ4v) is 2.20. The Bertz CT molecular complexity index is 254. The van der Waals surface area contributed by atoms with Gasteiger partial charge < -0.3 is 4.74 Å². The zero-order valence-corrected chi connectivity index (χ0v) is 6.82. The van der Waals surface area contributed by atoms with E-state index in [4.69, 9.17) is 4.74 Å². The number of carbonyl (C=O) groups excluding carboxylic acids is 1. The van der Waals surface area contributed by atoms with E-state index in [0.29, 0.717) is 6.61 Å². The van der Waals surface area contributed by atoms with Gasteiger partial charge >= 0.3 is 0 Å². The summed E-state index contributed by atoms with van der Waals surface area (Å²) < 4.78 is 5.24. The van der Waals surface area contributed by atoms with Crippen molar-refractivity contribution < 1.29 is 9.53 Å². The van der Waals surface area contributed by atoms with E-state index < -0.39 is 0 Å². The molecule has 58 valence electrons. The van der Waals surface area contributed by atoms with Gasteiger partial charge in [-0.15, -0.1) is 11.3 Å². The van der Waals surface area contributed by atoms with Gasteiger partial charge in [0, 0.05) is 11.3 Å². The molecule has 0 saturated carbocycles. The maximum Gasteiger partial charge on any atom is 0.160 e. The lowest BCUT2D eigenvalue weighted by Crippen LogP contribution is -2.05. The van der Waals surface area contributed by atoms with E-state index in [2.05, 4.69) is 0 Å². The molecule has 1 aromatic heterocycles. The molecule has 0 bridgehead atoms. The van der Waals surface area contributed by atoms with E-state index in [1.165, 1.54) is 10.4 Å². The van der Waals surface area contributed by atoms with E-state index in [9.17, 15) is 4.79 Å². The topological polar surface area (TPSA) is 26.3 Å². The van der Waals surface area contributed by atoms with Crippen LogP contribution in [0.25, 0.3) is 0 Å². The number of rotatable bonds is 1. The lowest BCUT2D eigenvalue weighted by molar-refractivity contribution is 0.111. The number of thiophene rings is 1. The molecule has 1 aromatic rings. The van der Waals surface area contributed by atoms with Crippen molar-refractivity contribution in [2.45, 2.75) is 13.0 Å². The van der Waals surface area contributed by atoms with Crippen LogP contribution in [0.5, 0.6) is 0 Å². The van der Waals surface area contributed by atoms with Crippen molar-refractivity contribution in [2.24, 2.45) is 0 Å². The second kappa shape index (κ2) is 2.75. The minimum atomic E-state index is 0.680. The first kappa shape index (κ1) is 7.00. The third-order valence-electron chi connectivity index (χ3n) is 1.76. The molecule has 0 fully saturated rings. The normalized spacial score (nSPS) is 16.0. The number of carbonyl (C=O) groups is 1. The molecule has 0 unspecified atom stereocenters. The van der Waals surface area contributed by atoms with Crippen LogP contribution in [-0.4, -0.2) is 12.9 Å². The number of hydrogen-bond acceptors (Lipinski definition) is 3. The van der Waals surface area contributed by atoms with Crippen molar-refractivity contribution in [2.75, 3.05) is 6.61 Å². The summed E-state index contributed by atoms with van der Waals surface area (Å²) in [5.74, 6) is 0. The molecule has 3 heteroatoms. The Hall–Kier alpha value is -0.670. The van der Waals surface area contributed by atoms with Crippen molar-refractivity contribution in [1.82, 2.24) is 0 Å². The summed E-state index contributed by atoms with van der Waals surface area (Å²) in [6, 6.07) is 1.92. The molecule has 0 aliphatic carbocycles. The van der Waals surface area contributed by atoms with Gasteiger partial charge in [0.2, 0.25) is 0 Å². The van der Waals surface area contributed by atoms with E-state index >= 15 is 0 Å². The Kier molecular flexibility index (Phi) is 1.75. The van der Waals surface area contributed by atoms with Crippen molar-refractivity contribution in [3.05, 3.63) is 21.4 Å². The monoisotopic (exact) mass is 168 g/mol. The van der Waals surface area contributed by atoms with Gasteiger partial charge in [-0.25, -0.2) is 0 Å². The van der Waals surface area contributed by atoms with Crippen molar-refractivity contribution in [3.8, 4) is 0 Å². The Labute approximate surface area is 68.8 Å². The Morgan fingerprint density at radius 2 is 2.55 bits per heavy atom. The van der Waals surface area contributed by atoms with Crippen LogP contribution in [0.1, 0.15) is 20.1 Å². The van der Waals surface area contributed by atoms with E-state index in [0.717, 1.165) is 24.2 Å². The SMILES string of the molecule is O=Cc1cc2c(s1)CCOC2. The van der Waals surface area contributed by atoms with Gasteiger partial charge in [0.15, 0.2) is 6.29 Å². The van der Waals surface area contributed by atoms with Crippen molar-refractivity contribution in [3.63, 3.8) is 0 Å². The smallest absolute Gasteiger partial charge is 0.160 e. The summed E-state index contributed by atoms with van der Waals surface area (Å²) in [5, 5.41) is 0. The molecule has 2 heterocycles. The van der Waals surface area contributed by atoms with E-state index in [1.54, 1.807) is 11.3 Å². The maximum absolute atomic E-state index is 10.4. The van der Waals surface area contributed by atoms with Gasteiger partial charge in [-0.3, -0.25) is 4.79 Å². The molecule has 0 N–H and O–H groups in total. The molecule has 0 saturated heterocycles. The molecule has 11 heavy (non-hydrogen) atoms. The molecule has 1 aliphatic rings. The minimum Gasteiger partial charge on any atom is -0.376 e. The fraction of sp³-hybridized carbons (Fsp3) is 0.375. The minimum absolute atomic E-state index is 0.680. The average Bonchev–Trinajstić information content (AvgIpc) is 2.46. The zero-order chi connectivity index (χ0) is 7.68. The van der Waals surface area contributed by atoms with Gasteiger partial charge in [0.05, 0.1) is 18.1 Å². The lowest BCUT2D eigenvalue weighted by atomic mass is 10.2. The number of ether oxygens (including phenoxy) is 1. The molecule has 0 atom stereocenters. The summed E-state index contributed by atoms with van der Waals surface area (Å²) in [5.41, 5.74) is 1.20. The van der Waals surface area contributed by atoms with Crippen LogP contribution in [0, 0.1) is 0 Å². The Morgan fingerprint density at radius 1 is 1.64 bits per heavy atom. The third-order valence-corrected chi connectivity index (χ3v) is 2.93. The first-order valence-corrected chi connectivity index (χ1v) is 4.36. The number of aldehydes is 1. The Balaban J connectivity index is 2.39. The highest BCUT2D eigenvalue weighted by Crippen LogP contribution is 2.25. The molecular formula is C8H8O2S. The van der Waals surface area contributed by atoms with E-state index in [-0.39, 0.29) is 0 Å². The molecule has 0 amide bonds. The summed E-state index contributed by atoms with van der Waals surface area (Å²) in [6.07, 6.45) is 1.87. The van der Waals surface area contributed by atoms with Gasteiger partial charge in [0.25, 0.3) is 0 Å². The quantitative estimate of drug-likeness (QED) is 0.596. The summed E-state index contributed by atoms with van der Waals surface area (Å²) in [7, 11) is 0. The van der Waals surface area contributed by atoms with Gasteiger partial charge in [-0.1, -0.05) is 0 Å². The first-order chi connectivity index (χ1) is 5.40. The van der Waals surface area contributed by atoms with Crippen LogP contribution in [0.4, 0.5) is 0 Å². The van der Waals surface area contributed by atoms with Crippen LogP contribution in [0.2, 0.25) is 0 Å². The maximum atomic E-state index is 10.4. The highest BCUT2D eigenvalue weighted by molar-refractivity contribution is 7.13. The molecule has 2 nitrogen and oxygen atoms in total. The molecule has 0 aromatic carbocycles. The van der Waals surface area contributed by atoms with Crippen LogP contribution >= 0.6 is 11.3 Å². The highest BCUT2D eigenvalue weighted by Gasteiger charge is 2.12. The van der Waals surface area contributed by atoms with Gasteiger partial charge in [0.1, 0.15) is 0 Å². The molecule has 0 spiro atoms. The highest BCUT2D eigenvalue weighted by atomic mass is 32.1. The largest absolute Gasteiger partial charge is 0.376 e. The molecule has 1 aliphatic heterocycles. The molecule has 0 radical (unpaired) electrons. The number of fused-ring (bicyclic) bond motifs is 1. The number of hydrogen-bond donors (Lipinski definition) is 0. The average molecular weight is 168 g/mol. The van der Waals surface area contributed by atoms with Crippen LogP contribution in [0.15, 0.2) is 6.07 Å². The van der Waals surface area contributed by atoms with Gasteiger partial charge in [-0.2, -0.15) is 0 Å². The predicted molar refractivity (Wildman–Crippen MR) is 43.1 cm³/mol. The predicted octanol–water partition coefficient (Wildman–Crippen LogP) is 1.63. The lowest BCUT2D eigenvalue weighted by Gasteiger charge is -2.10. The van der Waals surface area contributed by atoms with Gasteiger partial charge in [-0.05, 0) is 11.6 Å². The third kappa shape index (κ3) is 1.21.